The highest BCUT2D eigenvalue weighted by Crippen LogP contribution is 2.25. The lowest BCUT2D eigenvalue weighted by Crippen LogP contribution is -2.27. The Labute approximate surface area is 222 Å². The number of carbonyl (C=O) groups is 2. The second-order valence-electron chi connectivity index (χ2n) is 9.28. The van der Waals surface area contributed by atoms with Gasteiger partial charge in [0.1, 0.15) is 17.7 Å². The van der Waals surface area contributed by atoms with Crippen molar-refractivity contribution in [1.82, 2.24) is 9.13 Å². The van der Waals surface area contributed by atoms with Gasteiger partial charge in [0.15, 0.2) is 0 Å². The molecule has 0 aliphatic heterocycles. The fourth-order valence-electron chi connectivity index (χ4n) is 3.92. The molecule has 1 amide bonds. The standard InChI is InChI=1S/C16H19N3O2.C12H10N2O2.CH4/c1-5-19-10-11(9-17)13-7-6-12(8-14(13)19)18-15(20)21-16(2,3)4;1-2-14-7-9(6-13)10-4-3-8(12(15)16)5-11(10)14;/h6-8,10H,5H2,1-4H3,(H,18,20);3-5,7H,2H2,1H3,(H,15,16);1H4. The van der Waals surface area contributed by atoms with Crippen LogP contribution in [0.25, 0.3) is 21.8 Å². The minimum Gasteiger partial charge on any atom is -0.478 e. The molecule has 4 aromatic rings. The van der Waals surface area contributed by atoms with Crippen molar-refractivity contribution in [1.29, 1.82) is 10.5 Å². The van der Waals surface area contributed by atoms with E-state index in [0.29, 0.717) is 23.4 Å². The van der Waals surface area contributed by atoms with Gasteiger partial charge < -0.3 is 19.0 Å². The highest BCUT2D eigenvalue weighted by molar-refractivity contribution is 5.95. The van der Waals surface area contributed by atoms with Crippen molar-refractivity contribution in [2.45, 2.75) is 60.7 Å². The van der Waals surface area contributed by atoms with Crippen molar-refractivity contribution in [3.8, 4) is 12.1 Å². The molecule has 0 unspecified atom stereocenters. The Morgan fingerprint density at radius 1 is 0.921 bits per heavy atom. The first-order valence-corrected chi connectivity index (χ1v) is 11.8. The van der Waals surface area contributed by atoms with Gasteiger partial charge in [-0.2, -0.15) is 10.5 Å². The maximum Gasteiger partial charge on any atom is 0.412 e. The number of hydrogen-bond donors (Lipinski definition) is 2. The summed E-state index contributed by atoms with van der Waals surface area (Å²) in [6.45, 7) is 10.9. The number of aryl methyl sites for hydroxylation is 2. The van der Waals surface area contributed by atoms with Crippen LogP contribution in [0, 0.1) is 22.7 Å². The molecule has 0 saturated carbocycles. The van der Waals surface area contributed by atoms with Crippen LogP contribution in [-0.2, 0) is 17.8 Å². The molecule has 2 N–H and O–H groups in total. The molecule has 0 saturated heterocycles. The van der Waals surface area contributed by atoms with E-state index < -0.39 is 17.7 Å². The molecule has 0 spiro atoms. The second-order valence-corrected chi connectivity index (χ2v) is 9.28. The summed E-state index contributed by atoms with van der Waals surface area (Å²) in [4.78, 5) is 22.6. The summed E-state index contributed by atoms with van der Waals surface area (Å²) in [7, 11) is 0. The summed E-state index contributed by atoms with van der Waals surface area (Å²) in [6.07, 6.45) is 3.08. The third-order valence-electron chi connectivity index (χ3n) is 5.58. The number of carbonyl (C=O) groups excluding carboxylic acids is 1. The lowest BCUT2D eigenvalue weighted by atomic mass is 10.1. The molecule has 2 aromatic heterocycles. The number of amides is 1. The van der Waals surface area contributed by atoms with Crippen LogP contribution in [0.4, 0.5) is 10.5 Å². The monoisotopic (exact) mass is 515 g/mol. The SMILES string of the molecule is C.CCn1cc(C#N)c2ccc(C(=O)O)cc21.CCn1cc(C#N)c2ccc(NC(=O)OC(C)(C)C)cc21. The summed E-state index contributed by atoms with van der Waals surface area (Å²) < 4.78 is 9.08. The number of carboxylic acid groups (broad SMARTS) is 1. The van der Waals surface area contributed by atoms with Gasteiger partial charge in [-0.05, 0) is 65.0 Å². The Morgan fingerprint density at radius 3 is 1.87 bits per heavy atom. The number of rotatable bonds is 4. The van der Waals surface area contributed by atoms with Gasteiger partial charge in [0.2, 0.25) is 0 Å². The Kier molecular flexibility index (Phi) is 9.29. The summed E-state index contributed by atoms with van der Waals surface area (Å²) in [5, 5.41) is 31.4. The Bertz CT molecular complexity index is 1560. The van der Waals surface area contributed by atoms with Crippen molar-refractivity contribution in [3.05, 3.63) is 65.5 Å². The number of hydrogen-bond acceptors (Lipinski definition) is 5. The van der Waals surface area contributed by atoms with Crippen LogP contribution in [0.15, 0.2) is 48.8 Å². The third-order valence-corrected chi connectivity index (χ3v) is 5.58. The van der Waals surface area contributed by atoms with E-state index in [1.165, 1.54) is 6.07 Å². The number of ether oxygens (including phenoxy) is 1. The van der Waals surface area contributed by atoms with Gasteiger partial charge in [0.25, 0.3) is 0 Å². The molecular formula is C29H33N5O4. The Morgan fingerprint density at radius 2 is 1.42 bits per heavy atom. The lowest BCUT2D eigenvalue weighted by molar-refractivity contribution is 0.0634. The number of anilines is 1. The average Bonchev–Trinajstić information content (AvgIpc) is 3.39. The predicted molar refractivity (Wildman–Crippen MR) is 148 cm³/mol. The molecule has 0 fully saturated rings. The van der Waals surface area contributed by atoms with Gasteiger partial charge in [0.05, 0.1) is 27.7 Å². The maximum absolute atomic E-state index is 11.8. The van der Waals surface area contributed by atoms with Crippen LogP contribution >= 0.6 is 0 Å². The van der Waals surface area contributed by atoms with E-state index in [0.717, 1.165) is 28.4 Å². The van der Waals surface area contributed by atoms with E-state index in [9.17, 15) is 9.59 Å². The number of fused-ring (bicyclic) bond motifs is 2. The van der Waals surface area contributed by atoms with Gasteiger partial charge in [0, 0.05) is 41.9 Å². The van der Waals surface area contributed by atoms with Crippen molar-refractivity contribution in [2.75, 3.05) is 5.32 Å². The minimum atomic E-state index is -0.954. The van der Waals surface area contributed by atoms with Gasteiger partial charge in [-0.25, -0.2) is 9.59 Å². The van der Waals surface area contributed by atoms with Crippen molar-refractivity contribution in [2.24, 2.45) is 0 Å². The van der Waals surface area contributed by atoms with E-state index in [4.69, 9.17) is 20.4 Å². The number of nitrogens with one attached hydrogen (secondary N) is 1. The maximum atomic E-state index is 11.8. The zero-order chi connectivity index (χ0) is 27.3. The smallest absolute Gasteiger partial charge is 0.412 e. The fraction of sp³-hybridized carbons (Fsp3) is 0.310. The van der Waals surface area contributed by atoms with E-state index in [-0.39, 0.29) is 13.0 Å². The molecule has 198 valence electrons. The molecular weight excluding hydrogens is 482 g/mol. The number of carboxylic acids is 1. The van der Waals surface area contributed by atoms with E-state index >= 15 is 0 Å². The normalized spacial score (nSPS) is 10.5. The highest BCUT2D eigenvalue weighted by Gasteiger charge is 2.17. The van der Waals surface area contributed by atoms with Gasteiger partial charge in [-0.15, -0.1) is 0 Å². The summed E-state index contributed by atoms with van der Waals surface area (Å²) in [5.41, 5.74) is 3.27. The van der Waals surface area contributed by atoms with E-state index in [1.54, 1.807) is 24.4 Å². The number of aromatic carboxylic acids is 1. The van der Waals surface area contributed by atoms with Crippen molar-refractivity contribution in [3.63, 3.8) is 0 Å². The van der Waals surface area contributed by atoms with Gasteiger partial charge >= 0.3 is 12.1 Å². The molecule has 9 nitrogen and oxygen atoms in total. The Balaban J connectivity index is 0.000000269. The molecule has 2 heterocycles. The molecule has 2 aromatic carbocycles. The molecule has 38 heavy (non-hydrogen) atoms. The molecule has 0 bridgehead atoms. The first-order valence-electron chi connectivity index (χ1n) is 11.8. The fourth-order valence-corrected chi connectivity index (χ4v) is 3.92. The number of aromatic nitrogens is 2. The lowest BCUT2D eigenvalue weighted by Gasteiger charge is -2.19. The largest absolute Gasteiger partial charge is 0.478 e. The quantitative estimate of drug-likeness (QED) is 0.309. The van der Waals surface area contributed by atoms with Crippen LogP contribution in [0.3, 0.4) is 0 Å². The highest BCUT2D eigenvalue weighted by atomic mass is 16.6. The molecule has 4 rings (SSSR count). The number of nitrogens with zero attached hydrogens (tertiary/aromatic N) is 4. The summed E-state index contributed by atoms with van der Waals surface area (Å²) in [6, 6.07) is 14.6. The minimum absolute atomic E-state index is 0. The molecule has 0 aliphatic carbocycles. The van der Waals surface area contributed by atoms with Crippen LogP contribution in [0.1, 0.15) is 63.5 Å². The van der Waals surface area contributed by atoms with Gasteiger partial charge in [-0.3, -0.25) is 5.32 Å². The number of benzene rings is 2. The first-order chi connectivity index (χ1) is 17.5. The topological polar surface area (TPSA) is 133 Å². The average molecular weight is 516 g/mol. The zero-order valence-electron chi connectivity index (χ0n) is 21.5. The van der Waals surface area contributed by atoms with Crippen LogP contribution < -0.4 is 5.32 Å². The van der Waals surface area contributed by atoms with Crippen LogP contribution in [-0.4, -0.2) is 31.9 Å². The summed E-state index contributed by atoms with van der Waals surface area (Å²) >= 11 is 0. The zero-order valence-corrected chi connectivity index (χ0v) is 21.5. The second kappa shape index (κ2) is 12.0. The van der Waals surface area contributed by atoms with Crippen LogP contribution in [0.5, 0.6) is 0 Å². The number of nitriles is 2. The van der Waals surface area contributed by atoms with E-state index in [1.807, 2.05) is 62.1 Å². The predicted octanol–water partition coefficient (Wildman–Crippen LogP) is 6.75. The molecule has 9 heteroatoms. The first kappa shape index (κ1) is 29.5. The van der Waals surface area contributed by atoms with Crippen LogP contribution in [0.2, 0.25) is 0 Å². The van der Waals surface area contributed by atoms with Gasteiger partial charge in [-0.1, -0.05) is 13.5 Å². The molecule has 0 radical (unpaired) electrons. The molecule has 0 aliphatic rings. The summed E-state index contributed by atoms with van der Waals surface area (Å²) in [5.74, 6) is -0.954. The molecule has 0 atom stereocenters. The van der Waals surface area contributed by atoms with E-state index in [2.05, 4.69) is 17.5 Å². The Hall–Kier alpha value is -4.76. The van der Waals surface area contributed by atoms with Crippen molar-refractivity contribution >= 4 is 39.6 Å². The third kappa shape index (κ3) is 6.51. The van der Waals surface area contributed by atoms with Crippen molar-refractivity contribution < 1.29 is 19.4 Å².